The minimum atomic E-state index is -0.429. The number of imidazole rings is 1. The van der Waals surface area contributed by atoms with Crippen molar-refractivity contribution >= 4 is 22.8 Å². The third-order valence-electron chi connectivity index (χ3n) is 5.75. The Morgan fingerprint density at radius 1 is 1.13 bits per heavy atom. The Morgan fingerprint density at radius 2 is 1.84 bits per heavy atom. The molecule has 4 aromatic rings. The lowest BCUT2D eigenvalue weighted by Gasteiger charge is -2.14. The average Bonchev–Trinajstić information content (AvgIpc) is 3.23. The summed E-state index contributed by atoms with van der Waals surface area (Å²) in [6.07, 6.45) is 0. The fraction of sp³-hybridized carbons (Fsp3) is 0.364. The fourth-order valence-corrected chi connectivity index (χ4v) is 4.05. The number of hydrogen-bond acceptors (Lipinski definition) is 4. The number of rotatable bonds is 4. The van der Waals surface area contributed by atoms with Crippen LogP contribution in [-0.2, 0) is 13.6 Å². The van der Waals surface area contributed by atoms with Gasteiger partial charge in [0.15, 0.2) is 11.2 Å². The number of fused-ring (bicyclic) bond motifs is 1. The van der Waals surface area contributed by atoms with Gasteiger partial charge in [-0.2, -0.15) is 10.1 Å². The van der Waals surface area contributed by atoms with Gasteiger partial charge in [0.25, 0.3) is 5.56 Å². The minimum absolute atomic E-state index is 0.0750. The standard InChI is InChI=1S/C22H25ClN6O2/c1-12(2)28-18-19(24-21(28)29-15(5)13(3)14(4)25-29)26(6)22(31)27(20(18)30)11-16-8-7-9-17(23)10-16/h7-10,12H,11H2,1-6H3. The van der Waals surface area contributed by atoms with Crippen molar-refractivity contribution in [2.75, 3.05) is 0 Å². The van der Waals surface area contributed by atoms with Gasteiger partial charge in [-0.05, 0) is 57.9 Å². The Labute approximate surface area is 184 Å². The van der Waals surface area contributed by atoms with Crippen molar-refractivity contribution in [3.63, 3.8) is 0 Å². The van der Waals surface area contributed by atoms with Crippen molar-refractivity contribution in [3.8, 4) is 5.95 Å². The van der Waals surface area contributed by atoms with Crippen LogP contribution in [-0.4, -0.2) is 28.5 Å². The summed E-state index contributed by atoms with van der Waals surface area (Å²) in [5, 5.41) is 5.18. The molecule has 4 rings (SSSR count). The molecule has 0 unspecified atom stereocenters. The maximum absolute atomic E-state index is 13.5. The Kier molecular flexibility index (Phi) is 5.13. The van der Waals surface area contributed by atoms with Gasteiger partial charge < -0.3 is 0 Å². The monoisotopic (exact) mass is 440 g/mol. The van der Waals surface area contributed by atoms with Gasteiger partial charge in [-0.15, -0.1) is 0 Å². The summed E-state index contributed by atoms with van der Waals surface area (Å²) in [7, 11) is 1.63. The molecule has 8 nitrogen and oxygen atoms in total. The van der Waals surface area contributed by atoms with Crippen LogP contribution in [0.5, 0.6) is 0 Å². The van der Waals surface area contributed by atoms with Crippen LogP contribution >= 0.6 is 11.6 Å². The van der Waals surface area contributed by atoms with Crippen LogP contribution in [0.4, 0.5) is 0 Å². The van der Waals surface area contributed by atoms with E-state index < -0.39 is 5.69 Å². The molecule has 0 aliphatic rings. The summed E-state index contributed by atoms with van der Waals surface area (Å²) < 4.78 is 6.24. The van der Waals surface area contributed by atoms with Gasteiger partial charge in [-0.3, -0.25) is 18.5 Å². The van der Waals surface area contributed by atoms with E-state index >= 15 is 0 Å². The van der Waals surface area contributed by atoms with Gasteiger partial charge in [-0.1, -0.05) is 23.7 Å². The van der Waals surface area contributed by atoms with E-state index in [0.717, 1.165) is 22.5 Å². The van der Waals surface area contributed by atoms with E-state index in [1.807, 2.05) is 45.3 Å². The minimum Gasteiger partial charge on any atom is -0.300 e. The van der Waals surface area contributed by atoms with E-state index in [0.29, 0.717) is 22.1 Å². The highest BCUT2D eigenvalue weighted by atomic mass is 35.5. The molecule has 0 bridgehead atoms. The second-order valence-corrected chi connectivity index (χ2v) is 8.55. The van der Waals surface area contributed by atoms with Crippen molar-refractivity contribution < 1.29 is 0 Å². The van der Waals surface area contributed by atoms with Crippen LogP contribution in [0.25, 0.3) is 17.1 Å². The predicted molar refractivity (Wildman–Crippen MR) is 122 cm³/mol. The molecule has 0 saturated carbocycles. The number of benzene rings is 1. The van der Waals surface area contributed by atoms with E-state index in [1.165, 1.54) is 9.13 Å². The van der Waals surface area contributed by atoms with Gasteiger partial charge in [0, 0.05) is 23.8 Å². The van der Waals surface area contributed by atoms with Gasteiger partial charge in [-0.25, -0.2) is 9.48 Å². The van der Waals surface area contributed by atoms with Crippen LogP contribution in [0.1, 0.15) is 42.4 Å². The summed E-state index contributed by atoms with van der Waals surface area (Å²) in [5.74, 6) is 0.520. The fourth-order valence-electron chi connectivity index (χ4n) is 3.84. The summed E-state index contributed by atoms with van der Waals surface area (Å²) in [5.41, 5.74) is 3.58. The molecule has 0 atom stereocenters. The third-order valence-corrected chi connectivity index (χ3v) is 5.98. The second-order valence-electron chi connectivity index (χ2n) is 8.12. The largest absolute Gasteiger partial charge is 0.332 e. The molecule has 0 N–H and O–H groups in total. The summed E-state index contributed by atoms with van der Waals surface area (Å²) in [4.78, 5) is 31.3. The maximum atomic E-state index is 13.5. The second kappa shape index (κ2) is 7.53. The highest BCUT2D eigenvalue weighted by molar-refractivity contribution is 6.30. The Hall–Kier alpha value is -3.13. The molecule has 0 saturated heterocycles. The Morgan fingerprint density at radius 3 is 2.42 bits per heavy atom. The molecule has 1 aromatic carbocycles. The number of aromatic nitrogens is 6. The van der Waals surface area contributed by atoms with Crippen LogP contribution < -0.4 is 11.2 Å². The van der Waals surface area contributed by atoms with Crippen LogP contribution in [0.15, 0.2) is 33.9 Å². The molecule has 0 fully saturated rings. The zero-order valence-corrected chi connectivity index (χ0v) is 19.2. The predicted octanol–water partition coefficient (Wildman–Crippen LogP) is 3.29. The van der Waals surface area contributed by atoms with Crippen molar-refractivity contribution in [1.82, 2.24) is 28.5 Å². The van der Waals surface area contributed by atoms with E-state index in [2.05, 4.69) is 5.10 Å². The number of nitrogens with zero attached hydrogens (tertiary/aromatic N) is 6. The first-order valence-electron chi connectivity index (χ1n) is 10.1. The Bertz CT molecular complexity index is 1440. The zero-order chi connectivity index (χ0) is 22.6. The first-order valence-corrected chi connectivity index (χ1v) is 10.5. The summed E-state index contributed by atoms with van der Waals surface area (Å²) in [6, 6.07) is 7.07. The van der Waals surface area contributed by atoms with Crippen molar-refractivity contribution in [1.29, 1.82) is 0 Å². The Balaban J connectivity index is 2.05. The average molecular weight is 441 g/mol. The van der Waals surface area contributed by atoms with E-state index in [9.17, 15) is 9.59 Å². The van der Waals surface area contributed by atoms with Crippen molar-refractivity contribution in [2.24, 2.45) is 7.05 Å². The molecule has 0 aliphatic heterocycles. The molecule has 0 radical (unpaired) electrons. The molecular weight excluding hydrogens is 416 g/mol. The molecule has 0 amide bonds. The number of halogens is 1. The van der Waals surface area contributed by atoms with Gasteiger partial charge in [0.2, 0.25) is 5.95 Å². The van der Waals surface area contributed by atoms with Crippen LogP contribution in [0.2, 0.25) is 5.02 Å². The molecule has 31 heavy (non-hydrogen) atoms. The van der Waals surface area contributed by atoms with Crippen molar-refractivity contribution in [2.45, 2.75) is 47.2 Å². The molecule has 0 spiro atoms. The zero-order valence-electron chi connectivity index (χ0n) is 18.5. The van der Waals surface area contributed by atoms with E-state index in [1.54, 1.807) is 29.9 Å². The van der Waals surface area contributed by atoms with Crippen molar-refractivity contribution in [3.05, 3.63) is 72.6 Å². The van der Waals surface area contributed by atoms with Gasteiger partial charge in [0.1, 0.15) is 0 Å². The lowest BCUT2D eigenvalue weighted by Crippen LogP contribution is -2.40. The highest BCUT2D eigenvalue weighted by Crippen LogP contribution is 2.23. The van der Waals surface area contributed by atoms with E-state index in [-0.39, 0.29) is 18.1 Å². The SMILES string of the molecule is Cc1nn(-c2nc3c(c(=O)n(Cc4cccc(Cl)c4)c(=O)n3C)n2C(C)C)c(C)c1C. The smallest absolute Gasteiger partial charge is 0.300 e. The first kappa shape index (κ1) is 21.1. The normalized spacial score (nSPS) is 11.7. The molecule has 3 heterocycles. The first-order chi connectivity index (χ1) is 14.6. The van der Waals surface area contributed by atoms with Gasteiger partial charge >= 0.3 is 5.69 Å². The maximum Gasteiger partial charge on any atom is 0.332 e. The number of aryl methyl sites for hydroxylation is 2. The highest BCUT2D eigenvalue weighted by Gasteiger charge is 2.24. The molecule has 3 aromatic heterocycles. The lowest BCUT2D eigenvalue weighted by molar-refractivity contribution is 0.577. The van der Waals surface area contributed by atoms with E-state index in [4.69, 9.17) is 16.6 Å². The van der Waals surface area contributed by atoms with Crippen LogP contribution in [0, 0.1) is 20.8 Å². The van der Waals surface area contributed by atoms with Gasteiger partial charge in [0.05, 0.1) is 12.2 Å². The lowest BCUT2D eigenvalue weighted by atomic mass is 10.2. The summed E-state index contributed by atoms with van der Waals surface area (Å²) in [6.45, 7) is 10.00. The number of hydrogen-bond donors (Lipinski definition) is 0. The summed E-state index contributed by atoms with van der Waals surface area (Å²) >= 11 is 6.09. The third kappa shape index (κ3) is 3.31. The quantitative estimate of drug-likeness (QED) is 0.487. The molecule has 162 valence electrons. The molecular formula is C22H25ClN6O2. The molecule has 9 heteroatoms. The van der Waals surface area contributed by atoms with Crippen LogP contribution in [0.3, 0.4) is 0 Å². The molecule has 0 aliphatic carbocycles. The topological polar surface area (TPSA) is 79.6 Å².